The number of pyridine rings is 1. The zero-order valence-corrected chi connectivity index (χ0v) is 9.83. The first-order chi connectivity index (χ1) is 8.16. The van der Waals surface area contributed by atoms with E-state index >= 15 is 0 Å². The van der Waals surface area contributed by atoms with Gasteiger partial charge in [0.25, 0.3) is 5.91 Å². The maximum Gasteiger partial charge on any atom is 0.254 e. The second kappa shape index (κ2) is 5.14. The number of nitrogens with zero attached hydrogens (tertiary/aromatic N) is 1. The number of hydrogen-bond donors (Lipinski definition) is 2. The molecule has 2 amide bonds. The highest BCUT2D eigenvalue weighted by Gasteiger charge is 2.23. The van der Waals surface area contributed by atoms with Gasteiger partial charge >= 0.3 is 0 Å². The Kier molecular flexibility index (Phi) is 3.58. The summed E-state index contributed by atoms with van der Waals surface area (Å²) in [4.78, 5) is 26.8. The Bertz CT molecular complexity index is 446. The second-order valence-corrected chi connectivity index (χ2v) is 4.29. The van der Waals surface area contributed by atoms with Gasteiger partial charge in [-0.15, -0.1) is 0 Å². The van der Waals surface area contributed by atoms with E-state index in [4.69, 9.17) is 11.6 Å². The van der Waals surface area contributed by atoms with Crippen LogP contribution < -0.4 is 10.6 Å². The van der Waals surface area contributed by atoms with E-state index in [0.29, 0.717) is 11.1 Å². The lowest BCUT2D eigenvalue weighted by Gasteiger charge is -2.06. The standard InChI is InChI=1S/C11H12ClN3O2/c12-9-3-4-13-5-8(9)11(17)14-6-10(16)15-7-1-2-7/h3-5,7H,1-2,6H2,(H,14,17)(H,15,16). The average molecular weight is 254 g/mol. The fourth-order valence-corrected chi connectivity index (χ4v) is 1.50. The molecule has 0 unspecified atom stereocenters. The summed E-state index contributed by atoms with van der Waals surface area (Å²) < 4.78 is 0. The second-order valence-electron chi connectivity index (χ2n) is 3.88. The number of aromatic nitrogens is 1. The molecule has 0 radical (unpaired) electrons. The fourth-order valence-electron chi connectivity index (χ4n) is 1.31. The van der Waals surface area contributed by atoms with Crippen molar-refractivity contribution in [3.05, 3.63) is 29.0 Å². The molecule has 1 aliphatic carbocycles. The Balaban J connectivity index is 1.84. The molecule has 1 saturated carbocycles. The average Bonchev–Trinajstić information content (AvgIpc) is 3.10. The SMILES string of the molecule is O=C(CNC(=O)c1cnccc1Cl)NC1CC1. The third kappa shape index (κ3) is 3.42. The van der Waals surface area contributed by atoms with Crippen LogP contribution in [0.25, 0.3) is 0 Å². The van der Waals surface area contributed by atoms with Gasteiger partial charge in [0.1, 0.15) is 0 Å². The van der Waals surface area contributed by atoms with Crippen LogP contribution in [0.15, 0.2) is 18.5 Å². The van der Waals surface area contributed by atoms with Crippen molar-refractivity contribution in [2.45, 2.75) is 18.9 Å². The van der Waals surface area contributed by atoms with Crippen LogP contribution in [0.2, 0.25) is 5.02 Å². The van der Waals surface area contributed by atoms with Gasteiger partial charge in [-0.1, -0.05) is 11.6 Å². The largest absolute Gasteiger partial charge is 0.352 e. The molecule has 90 valence electrons. The predicted octanol–water partition coefficient (Wildman–Crippen LogP) is 0.743. The molecule has 6 heteroatoms. The van der Waals surface area contributed by atoms with Gasteiger partial charge in [-0.2, -0.15) is 0 Å². The number of carbonyl (C=O) groups is 2. The molecule has 1 heterocycles. The molecule has 0 bridgehead atoms. The van der Waals surface area contributed by atoms with E-state index in [1.54, 1.807) is 0 Å². The summed E-state index contributed by atoms with van der Waals surface area (Å²) in [5, 5.41) is 5.59. The van der Waals surface area contributed by atoms with Crippen LogP contribution in [0.1, 0.15) is 23.2 Å². The number of nitrogens with one attached hydrogen (secondary N) is 2. The summed E-state index contributed by atoms with van der Waals surface area (Å²) in [5.41, 5.74) is 0.272. The summed E-state index contributed by atoms with van der Waals surface area (Å²) in [7, 11) is 0. The van der Waals surface area contributed by atoms with Crippen LogP contribution in [0.5, 0.6) is 0 Å². The summed E-state index contributed by atoms with van der Waals surface area (Å²) in [6.07, 6.45) is 4.91. The summed E-state index contributed by atoms with van der Waals surface area (Å²) in [5.74, 6) is -0.574. The minimum absolute atomic E-state index is 0.0411. The van der Waals surface area contributed by atoms with Crippen LogP contribution in [0.3, 0.4) is 0 Å². The predicted molar refractivity (Wildman–Crippen MR) is 62.7 cm³/mol. The van der Waals surface area contributed by atoms with Crippen LogP contribution in [0, 0.1) is 0 Å². The van der Waals surface area contributed by atoms with Crippen molar-refractivity contribution in [2.24, 2.45) is 0 Å². The topological polar surface area (TPSA) is 71.1 Å². The molecule has 0 atom stereocenters. The molecule has 2 rings (SSSR count). The van der Waals surface area contributed by atoms with Gasteiger partial charge < -0.3 is 10.6 Å². The molecule has 0 spiro atoms. The first-order valence-corrected chi connectivity index (χ1v) is 5.71. The molecule has 5 nitrogen and oxygen atoms in total. The van der Waals surface area contributed by atoms with Crippen LogP contribution >= 0.6 is 11.6 Å². The molecular weight excluding hydrogens is 242 g/mol. The zero-order valence-electron chi connectivity index (χ0n) is 9.07. The molecule has 1 aromatic rings. The van der Waals surface area contributed by atoms with Crippen molar-refractivity contribution in [3.8, 4) is 0 Å². The molecular formula is C11H12ClN3O2. The van der Waals surface area contributed by atoms with Crippen LogP contribution in [-0.4, -0.2) is 29.4 Å². The first-order valence-electron chi connectivity index (χ1n) is 5.34. The molecule has 2 N–H and O–H groups in total. The van der Waals surface area contributed by atoms with Crippen molar-refractivity contribution in [1.29, 1.82) is 0 Å². The maximum atomic E-state index is 11.7. The van der Waals surface area contributed by atoms with E-state index in [9.17, 15) is 9.59 Å². The lowest BCUT2D eigenvalue weighted by molar-refractivity contribution is -0.120. The highest BCUT2D eigenvalue weighted by molar-refractivity contribution is 6.33. The van der Waals surface area contributed by atoms with Crippen LogP contribution in [-0.2, 0) is 4.79 Å². The van der Waals surface area contributed by atoms with Crippen molar-refractivity contribution >= 4 is 23.4 Å². The van der Waals surface area contributed by atoms with E-state index in [2.05, 4.69) is 15.6 Å². The highest BCUT2D eigenvalue weighted by atomic mass is 35.5. The third-order valence-electron chi connectivity index (χ3n) is 2.36. The number of halogens is 1. The summed E-state index contributed by atoms with van der Waals surface area (Å²) in [6, 6.07) is 1.82. The smallest absolute Gasteiger partial charge is 0.254 e. The monoisotopic (exact) mass is 253 g/mol. The normalized spacial score (nSPS) is 14.2. The van der Waals surface area contributed by atoms with Crippen molar-refractivity contribution < 1.29 is 9.59 Å². The molecule has 1 fully saturated rings. The lowest BCUT2D eigenvalue weighted by atomic mass is 10.2. The van der Waals surface area contributed by atoms with Crippen molar-refractivity contribution in [3.63, 3.8) is 0 Å². The molecule has 0 aromatic carbocycles. The molecule has 0 aliphatic heterocycles. The molecule has 1 aromatic heterocycles. The van der Waals surface area contributed by atoms with Gasteiger partial charge in [0, 0.05) is 18.4 Å². The van der Waals surface area contributed by atoms with E-state index < -0.39 is 5.91 Å². The third-order valence-corrected chi connectivity index (χ3v) is 2.69. The number of hydrogen-bond acceptors (Lipinski definition) is 3. The highest BCUT2D eigenvalue weighted by Crippen LogP contribution is 2.18. The molecule has 0 saturated heterocycles. The van der Waals surface area contributed by atoms with Crippen LogP contribution in [0.4, 0.5) is 0 Å². The Morgan fingerprint density at radius 2 is 2.24 bits per heavy atom. The van der Waals surface area contributed by atoms with Gasteiger partial charge in [-0.25, -0.2) is 0 Å². The number of rotatable bonds is 4. The van der Waals surface area contributed by atoms with E-state index in [1.165, 1.54) is 18.5 Å². The van der Waals surface area contributed by atoms with Crippen molar-refractivity contribution in [2.75, 3.05) is 6.54 Å². The summed E-state index contributed by atoms with van der Waals surface area (Å²) >= 11 is 5.83. The summed E-state index contributed by atoms with van der Waals surface area (Å²) in [6.45, 7) is -0.0411. The first kappa shape index (κ1) is 11.9. The molecule has 17 heavy (non-hydrogen) atoms. The Morgan fingerprint density at radius 1 is 1.47 bits per heavy atom. The minimum Gasteiger partial charge on any atom is -0.352 e. The van der Waals surface area contributed by atoms with E-state index in [1.807, 2.05) is 0 Å². The van der Waals surface area contributed by atoms with E-state index in [-0.39, 0.29) is 18.0 Å². The Hall–Kier alpha value is -1.62. The number of amides is 2. The quantitative estimate of drug-likeness (QED) is 0.832. The lowest BCUT2D eigenvalue weighted by Crippen LogP contribution is -2.37. The maximum absolute atomic E-state index is 11.7. The van der Waals surface area contributed by atoms with Gasteiger partial charge in [0.15, 0.2) is 0 Å². The zero-order chi connectivity index (χ0) is 12.3. The minimum atomic E-state index is -0.394. The van der Waals surface area contributed by atoms with Gasteiger partial charge in [-0.3, -0.25) is 14.6 Å². The number of carbonyl (C=O) groups excluding carboxylic acids is 2. The Morgan fingerprint density at radius 3 is 2.88 bits per heavy atom. The Labute approximate surface area is 104 Å². The molecule has 1 aliphatic rings. The van der Waals surface area contributed by atoms with E-state index in [0.717, 1.165) is 12.8 Å². The van der Waals surface area contributed by atoms with Gasteiger partial charge in [0.05, 0.1) is 17.1 Å². The van der Waals surface area contributed by atoms with Crippen molar-refractivity contribution in [1.82, 2.24) is 15.6 Å². The fraction of sp³-hybridized carbons (Fsp3) is 0.364. The van der Waals surface area contributed by atoms with Gasteiger partial charge in [0.2, 0.25) is 5.91 Å². The van der Waals surface area contributed by atoms with Gasteiger partial charge in [-0.05, 0) is 18.9 Å².